The van der Waals surface area contributed by atoms with E-state index < -0.39 is 12.1 Å². The number of halogens is 1. The number of carboxylic acids is 1. The standard InChI is InChI=1S/C11H10BrNO3/c1-7(4-11(14)15)16-10-3-2-9(12)5-8(10)6-13/h2-3,5,7H,4H2,1H3,(H,14,15)/t7-/m0/s1. The fourth-order valence-corrected chi connectivity index (χ4v) is 1.56. The van der Waals surface area contributed by atoms with Gasteiger partial charge in [0.15, 0.2) is 0 Å². The maximum absolute atomic E-state index is 10.5. The van der Waals surface area contributed by atoms with E-state index >= 15 is 0 Å². The second-order valence-electron chi connectivity index (χ2n) is 3.28. The molecule has 0 aromatic heterocycles. The van der Waals surface area contributed by atoms with Gasteiger partial charge in [-0.15, -0.1) is 0 Å². The first-order chi connectivity index (χ1) is 7.52. The molecule has 1 N–H and O–H groups in total. The van der Waals surface area contributed by atoms with E-state index in [2.05, 4.69) is 15.9 Å². The monoisotopic (exact) mass is 283 g/mol. The number of carboxylic acid groups (broad SMARTS) is 1. The highest BCUT2D eigenvalue weighted by Gasteiger charge is 2.11. The van der Waals surface area contributed by atoms with Crippen molar-refractivity contribution in [1.82, 2.24) is 0 Å². The minimum Gasteiger partial charge on any atom is -0.489 e. The molecule has 0 radical (unpaired) electrons. The highest BCUT2D eigenvalue weighted by molar-refractivity contribution is 9.10. The van der Waals surface area contributed by atoms with Gasteiger partial charge in [0.25, 0.3) is 0 Å². The Balaban J connectivity index is 2.81. The lowest BCUT2D eigenvalue weighted by atomic mass is 10.2. The smallest absolute Gasteiger partial charge is 0.307 e. The Morgan fingerprint density at radius 2 is 2.38 bits per heavy atom. The summed E-state index contributed by atoms with van der Waals surface area (Å²) in [4.78, 5) is 10.5. The third-order valence-electron chi connectivity index (χ3n) is 1.85. The van der Waals surface area contributed by atoms with Crippen LogP contribution in [0.2, 0.25) is 0 Å². The Labute approximate surface area is 102 Å². The summed E-state index contributed by atoms with van der Waals surface area (Å²) in [6.45, 7) is 1.65. The summed E-state index contributed by atoms with van der Waals surface area (Å²) in [6, 6.07) is 7.00. The van der Waals surface area contributed by atoms with Crippen molar-refractivity contribution >= 4 is 21.9 Å². The van der Waals surface area contributed by atoms with Gasteiger partial charge in [-0.3, -0.25) is 4.79 Å². The molecule has 0 unspecified atom stereocenters. The predicted molar refractivity (Wildman–Crippen MR) is 61.2 cm³/mol. The van der Waals surface area contributed by atoms with Crippen LogP contribution in [0.3, 0.4) is 0 Å². The number of hydrogen-bond acceptors (Lipinski definition) is 3. The van der Waals surface area contributed by atoms with E-state index in [1.54, 1.807) is 25.1 Å². The molecule has 0 spiro atoms. The molecule has 5 heteroatoms. The summed E-state index contributed by atoms with van der Waals surface area (Å²) in [5, 5.41) is 17.5. The molecular formula is C11H10BrNO3. The second-order valence-corrected chi connectivity index (χ2v) is 4.19. The van der Waals surface area contributed by atoms with Gasteiger partial charge in [0, 0.05) is 4.47 Å². The van der Waals surface area contributed by atoms with E-state index in [9.17, 15) is 4.79 Å². The van der Waals surface area contributed by atoms with E-state index in [1.165, 1.54) is 0 Å². The van der Waals surface area contributed by atoms with Gasteiger partial charge in [-0.2, -0.15) is 5.26 Å². The Morgan fingerprint density at radius 1 is 1.69 bits per heavy atom. The zero-order valence-corrected chi connectivity index (χ0v) is 10.2. The van der Waals surface area contributed by atoms with E-state index in [0.717, 1.165) is 4.47 Å². The first-order valence-electron chi connectivity index (χ1n) is 4.61. The average molecular weight is 284 g/mol. The average Bonchev–Trinajstić information content (AvgIpc) is 2.19. The normalized spacial score (nSPS) is 11.6. The van der Waals surface area contributed by atoms with Crippen LogP contribution < -0.4 is 4.74 Å². The van der Waals surface area contributed by atoms with Gasteiger partial charge in [0.05, 0.1) is 12.0 Å². The van der Waals surface area contributed by atoms with Gasteiger partial charge in [0.2, 0.25) is 0 Å². The van der Waals surface area contributed by atoms with Crippen molar-refractivity contribution in [3.05, 3.63) is 28.2 Å². The summed E-state index contributed by atoms with van der Waals surface area (Å²) in [5.41, 5.74) is 0.381. The van der Waals surface area contributed by atoms with Crippen molar-refractivity contribution in [2.24, 2.45) is 0 Å². The van der Waals surface area contributed by atoms with Gasteiger partial charge >= 0.3 is 5.97 Å². The Bertz CT molecular complexity index is 439. The molecule has 0 saturated carbocycles. The molecule has 84 valence electrons. The fourth-order valence-electron chi connectivity index (χ4n) is 1.20. The number of rotatable bonds is 4. The van der Waals surface area contributed by atoms with Crippen LogP contribution in [-0.4, -0.2) is 17.2 Å². The van der Waals surface area contributed by atoms with E-state index in [-0.39, 0.29) is 6.42 Å². The van der Waals surface area contributed by atoms with Crippen molar-refractivity contribution in [3.8, 4) is 11.8 Å². The molecule has 0 heterocycles. The van der Waals surface area contributed by atoms with Crippen LogP contribution in [0.25, 0.3) is 0 Å². The van der Waals surface area contributed by atoms with E-state index in [0.29, 0.717) is 11.3 Å². The fraction of sp³-hybridized carbons (Fsp3) is 0.273. The quantitative estimate of drug-likeness (QED) is 0.922. The molecule has 0 aliphatic rings. The molecule has 0 saturated heterocycles. The second kappa shape index (κ2) is 5.52. The summed E-state index contributed by atoms with van der Waals surface area (Å²) in [7, 11) is 0. The molecule has 0 aliphatic heterocycles. The molecular weight excluding hydrogens is 274 g/mol. The number of ether oxygens (including phenoxy) is 1. The van der Waals surface area contributed by atoms with E-state index in [1.807, 2.05) is 6.07 Å². The molecule has 0 aliphatic carbocycles. The van der Waals surface area contributed by atoms with Gasteiger partial charge in [-0.25, -0.2) is 0 Å². The minimum absolute atomic E-state index is 0.0963. The number of nitriles is 1. The molecule has 4 nitrogen and oxygen atoms in total. The Kier molecular flexibility index (Phi) is 4.32. The van der Waals surface area contributed by atoms with Gasteiger partial charge in [-0.05, 0) is 25.1 Å². The molecule has 0 bridgehead atoms. The lowest BCUT2D eigenvalue weighted by Crippen LogP contribution is -2.17. The number of hydrogen-bond donors (Lipinski definition) is 1. The maximum Gasteiger partial charge on any atom is 0.307 e. The van der Waals surface area contributed by atoms with Crippen LogP contribution in [0.15, 0.2) is 22.7 Å². The van der Waals surface area contributed by atoms with Crippen molar-refractivity contribution in [2.45, 2.75) is 19.4 Å². The first-order valence-corrected chi connectivity index (χ1v) is 5.40. The largest absolute Gasteiger partial charge is 0.489 e. The lowest BCUT2D eigenvalue weighted by molar-refractivity contribution is -0.138. The van der Waals surface area contributed by atoms with Crippen molar-refractivity contribution in [3.63, 3.8) is 0 Å². The van der Waals surface area contributed by atoms with Crippen LogP contribution >= 0.6 is 15.9 Å². The highest BCUT2D eigenvalue weighted by Crippen LogP contribution is 2.23. The Hall–Kier alpha value is -1.54. The topological polar surface area (TPSA) is 70.3 Å². The number of aliphatic carboxylic acids is 1. The van der Waals surface area contributed by atoms with E-state index in [4.69, 9.17) is 15.1 Å². The minimum atomic E-state index is -0.928. The SMILES string of the molecule is C[C@@H](CC(=O)O)Oc1ccc(Br)cc1C#N. The third kappa shape index (κ3) is 3.55. The zero-order chi connectivity index (χ0) is 12.1. The maximum atomic E-state index is 10.5. The van der Waals surface area contributed by atoms with Crippen LogP contribution in [0.5, 0.6) is 5.75 Å². The van der Waals surface area contributed by atoms with Crippen molar-refractivity contribution < 1.29 is 14.6 Å². The van der Waals surface area contributed by atoms with Crippen molar-refractivity contribution in [1.29, 1.82) is 5.26 Å². The summed E-state index contributed by atoms with van der Waals surface area (Å²) in [6.07, 6.45) is -0.563. The molecule has 16 heavy (non-hydrogen) atoms. The molecule has 0 amide bonds. The van der Waals surface area contributed by atoms with Crippen LogP contribution in [0.1, 0.15) is 18.9 Å². The van der Waals surface area contributed by atoms with Crippen LogP contribution in [0.4, 0.5) is 0 Å². The molecule has 1 rings (SSSR count). The number of carbonyl (C=O) groups is 1. The summed E-state index contributed by atoms with van der Waals surface area (Å²) in [5.74, 6) is -0.525. The zero-order valence-electron chi connectivity index (χ0n) is 8.61. The third-order valence-corrected chi connectivity index (χ3v) is 2.35. The molecule has 0 fully saturated rings. The summed E-state index contributed by atoms with van der Waals surface area (Å²) < 4.78 is 6.16. The molecule has 1 aromatic rings. The van der Waals surface area contributed by atoms with Gasteiger partial charge in [0.1, 0.15) is 17.9 Å². The van der Waals surface area contributed by atoms with Crippen LogP contribution in [0, 0.1) is 11.3 Å². The molecule has 1 aromatic carbocycles. The number of nitrogens with zero attached hydrogens (tertiary/aromatic N) is 1. The first kappa shape index (κ1) is 12.5. The van der Waals surface area contributed by atoms with Crippen molar-refractivity contribution in [2.75, 3.05) is 0 Å². The molecule has 1 atom stereocenters. The Morgan fingerprint density at radius 3 is 2.94 bits per heavy atom. The van der Waals surface area contributed by atoms with Gasteiger partial charge in [-0.1, -0.05) is 15.9 Å². The van der Waals surface area contributed by atoms with Crippen LogP contribution in [-0.2, 0) is 4.79 Å². The highest BCUT2D eigenvalue weighted by atomic mass is 79.9. The summed E-state index contributed by atoms with van der Waals surface area (Å²) >= 11 is 3.24. The number of benzene rings is 1. The predicted octanol–water partition coefficient (Wildman–Crippen LogP) is 2.56. The van der Waals surface area contributed by atoms with Gasteiger partial charge < -0.3 is 9.84 Å². The lowest BCUT2D eigenvalue weighted by Gasteiger charge is -2.13.